The van der Waals surface area contributed by atoms with Gasteiger partial charge >= 0.3 is 5.97 Å². The average molecular weight is 563 g/mol. The van der Waals surface area contributed by atoms with Crippen molar-refractivity contribution >= 4 is 34.8 Å². The van der Waals surface area contributed by atoms with Crippen LogP contribution in [0.5, 0.6) is 5.75 Å². The van der Waals surface area contributed by atoms with Crippen molar-refractivity contribution < 1.29 is 19.2 Å². The third-order valence-corrected chi connectivity index (χ3v) is 7.96. The number of allylic oxidation sites excluding steroid dienone is 1. The monoisotopic (exact) mass is 562 g/mol. The van der Waals surface area contributed by atoms with E-state index in [-0.39, 0.29) is 23.4 Å². The predicted octanol–water partition coefficient (Wildman–Crippen LogP) is 3.71. The number of aromatic nitrogens is 1. The zero-order valence-corrected chi connectivity index (χ0v) is 23.4. The molecule has 1 saturated heterocycles. The number of carbonyl (C=O) groups excluding carboxylic acids is 1. The molecule has 40 heavy (non-hydrogen) atoms. The number of benzene rings is 2. The minimum atomic E-state index is -0.753. The van der Waals surface area contributed by atoms with Gasteiger partial charge in [0.15, 0.2) is 4.80 Å². The highest BCUT2D eigenvalue weighted by Gasteiger charge is 2.33. The van der Waals surface area contributed by atoms with Crippen LogP contribution in [0.3, 0.4) is 0 Å². The zero-order chi connectivity index (χ0) is 28.4. The average Bonchev–Trinajstić information content (AvgIpc) is 3.57. The van der Waals surface area contributed by atoms with Crippen LogP contribution in [0.25, 0.3) is 6.08 Å². The standard InChI is InChI=1S/C29H30N4O6S/c1-4-38-22-11-8-19(9-12-22)26-25(28(35)39-5-2)18(3)30-29-32(26)27(34)24(40-29)17-20-16-21(33(36)37)10-13-23(20)31-14-6-7-15-31/h8-13,16-17,26H,4-7,14-15H2,1-3H3/b24-17-/t26-/m0/s1. The van der Waals surface area contributed by atoms with Gasteiger partial charge in [0.2, 0.25) is 0 Å². The highest BCUT2D eigenvalue weighted by molar-refractivity contribution is 7.07. The molecular weight excluding hydrogens is 532 g/mol. The number of esters is 1. The SMILES string of the molecule is CCOC(=O)C1=C(C)N=c2s/c(=C\c3cc([N+](=O)[O-])ccc3N3CCCC3)c(=O)n2[C@H]1c1ccc(OCC)cc1. The smallest absolute Gasteiger partial charge is 0.338 e. The Morgan fingerprint density at radius 3 is 2.52 bits per heavy atom. The van der Waals surface area contributed by atoms with Crippen molar-refractivity contribution in [2.24, 2.45) is 4.99 Å². The molecule has 3 heterocycles. The van der Waals surface area contributed by atoms with Gasteiger partial charge in [-0.25, -0.2) is 9.79 Å². The van der Waals surface area contributed by atoms with E-state index in [9.17, 15) is 19.7 Å². The van der Waals surface area contributed by atoms with Crippen LogP contribution in [-0.4, -0.2) is 41.8 Å². The number of anilines is 1. The second-order valence-electron chi connectivity index (χ2n) is 9.50. The van der Waals surface area contributed by atoms with Crippen molar-refractivity contribution in [3.8, 4) is 5.75 Å². The quantitative estimate of drug-likeness (QED) is 0.233. The minimum absolute atomic E-state index is 0.0466. The molecule has 0 saturated carbocycles. The summed E-state index contributed by atoms with van der Waals surface area (Å²) in [4.78, 5) is 45.5. The van der Waals surface area contributed by atoms with Gasteiger partial charge in [0.05, 0.1) is 40.0 Å². The topological polar surface area (TPSA) is 116 Å². The fourth-order valence-corrected chi connectivity index (χ4v) is 6.22. The Hall–Kier alpha value is -4.25. The van der Waals surface area contributed by atoms with Gasteiger partial charge in [-0.1, -0.05) is 23.5 Å². The fourth-order valence-electron chi connectivity index (χ4n) is 5.18. The Labute approximate surface area is 234 Å². The molecule has 0 N–H and O–H groups in total. The normalized spacial score (nSPS) is 17.0. The van der Waals surface area contributed by atoms with Gasteiger partial charge in [0, 0.05) is 36.5 Å². The van der Waals surface area contributed by atoms with Crippen LogP contribution in [0, 0.1) is 10.1 Å². The largest absolute Gasteiger partial charge is 0.494 e. The van der Waals surface area contributed by atoms with Crippen molar-refractivity contribution in [1.82, 2.24) is 4.57 Å². The first kappa shape index (κ1) is 27.3. The molecule has 0 bridgehead atoms. The molecule has 0 radical (unpaired) electrons. The Morgan fingerprint density at radius 2 is 1.88 bits per heavy atom. The zero-order valence-electron chi connectivity index (χ0n) is 22.6. The number of nitrogens with zero attached hydrogens (tertiary/aromatic N) is 4. The van der Waals surface area contributed by atoms with Crippen LogP contribution in [0.4, 0.5) is 11.4 Å². The number of non-ortho nitro benzene ring substituents is 1. The van der Waals surface area contributed by atoms with Crippen molar-refractivity contribution in [2.75, 3.05) is 31.2 Å². The number of fused-ring (bicyclic) bond motifs is 1. The summed E-state index contributed by atoms with van der Waals surface area (Å²) in [6.45, 7) is 7.75. The Kier molecular flexibility index (Phi) is 7.83. The molecule has 1 aromatic heterocycles. The molecule has 10 nitrogen and oxygen atoms in total. The van der Waals surface area contributed by atoms with Crippen molar-refractivity contribution in [3.63, 3.8) is 0 Å². The van der Waals surface area contributed by atoms with Gasteiger partial charge in [-0.2, -0.15) is 0 Å². The second kappa shape index (κ2) is 11.5. The molecular formula is C29H30N4O6S. The number of thiazole rings is 1. The molecule has 2 aliphatic heterocycles. The lowest BCUT2D eigenvalue weighted by atomic mass is 9.96. The van der Waals surface area contributed by atoms with E-state index in [4.69, 9.17) is 9.47 Å². The molecule has 0 amide bonds. The Morgan fingerprint density at radius 1 is 1.15 bits per heavy atom. The molecule has 0 spiro atoms. The van der Waals surface area contributed by atoms with Gasteiger partial charge in [-0.15, -0.1) is 0 Å². The molecule has 11 heteroatoms. The lowest BCUT2D eigenvalue weighted by Crippen LogP contribution is -2.40. The molecule has 1 atom stereocenters. The maximum atomic E-state index is 14.0. The van der Waals surface area contributed by atoms with Gasteiger partial charge < -0.3 is 14.4 Å². The van der Waals surface area contributed by atoms with Crippen LogP contribution < -0.4 is 24.5 Å². The highest BCUT2D eigenvalue weighted by Crippen LogP contribution is 2.32. The number of nitro benzene ring substituents is 1. The van der Waals surface area contributed by atoms with E-state index in [2.05, 4.69) is 9.89 Å². The number of ether oxygens (including phenoxy) is 2. The number of hydrogen-bond acceptors (Lipinski definition) is 9. The van der Waals surface area contributed by atoms with Crippen LogP contribution in [-0.2, 0) is 9.53 Å². The first-order chi connectivity index (χ1) is 19.3. The summed E-state index contributed by atoms with van der Waals surface area (Å²) in [7, 11) is 0. The lowest BCUT2D eigenvalue weighted by molar-refractivity contribution is -0.384. The summed E-state index contributed by atoms with van der Waals surface area (Å²) in [5.41, 5.74) is 2.53. The summed E-state index contributed by atoms with van der Waals surface area (Å²) >= 11 is 1.19. The van der Waals surface area contributed by atoms with Crippen LogP contribution >= 0.6 is 11.3 Å². The molecule has 208 valence electrons. The van der Waals surface area contributed by atoms with E-state index in [0.29, 0.717) is 38.5 Å². The van der Waals surface area contributed by atoms with E-state index < -0.39 is 16.9 Å². The van der Waals surface area contributed by atoms with Gasteiger partial charge in [0.25, 0.3) is 11.2 Å². The van der Waals surface area contributed by atoms with E-state index >= 15 is 0 Å². The maximum Gasteiger partial charge on any atom is 0.338 e. The molecule has 3 aromatic rings. The minimum Gasteiger partial charge on any atom is -0.494 e. The first-order valence-corrected chi connectivity index (χ1v) is 14.1. The molecule has 0 aliphatic carbocycles. The summed E-state index contributed by atoms with van der Waals surface area (Å²) < 4.78 is 12.8. The van der Waals surface area contributed by atoms with Crippen molar-refractivity contribution in [2.45, 2.75) is 39.7 Å². The first-order valence-electron chi connectivity index (χ1n) is 13.3. The highest BCUT2D eigenvalue weighted by atomic mass is 32.1. The number of hydrogen-bond donors (Lipinski definition) is 0. The van der Waals surface area contributed by atoms with Gasteiger partial charge in [0.1, 0.15) is 5.75 Å². The number of rotatable bonds is 8. The molecule has 1 fully saturated rings. The summed E-state index contributed by atoms with van der Waals surface area (Å²) in [6.07, 6.45) is 3.77. The van der Waals surface area contributed by atoms with E-state index in [1.807, 2.05) is 19.1 Å². The lowest BCUT2D eigenvalue weighted by Gasteiger charge is -2.24. The molecule has 0 unspecified atom stereocenters. The predicted molar refractivity (Wildman–Crippen MR) is 153 cm³/mol. The van der Waals surface area contributed by atoms with Crippen LogP contribution in [0.15, 0.2) is 63.5 Å². The molecule has 2 aromatic carbocycles. The van der Waals surface area contributed by atoms with Crippen LogP contribution in [0.2, 0.25) is 0 Å². The van der Waals surface area contributed by atoms with Crippen molar-refractivity contribution in [1.29, 1.82) is 0 Å². The Balaban J connectivity index is 1.70. The fraction of sp³-hybridized carbons (Fsp3) is 0.345. The van der Waals surface area contributed by atoms with Gasteiger partial charge in [-0.05, 0) is 63.5 Å². The van der Waals surface area contributed by atoms with Crippen LogP contribution in [0.1, 0.15) is 50.8 Å². The summed E-state index contributed by atoms with van der Waals surface area (Å²) in [5, 5.41) is 11.6. The second-order valence-corrected chi connectivity index (χ2v) is 10.5. The van der Waals surface area contributed by atoms with E-state index in [1.165, 1.54) is 28.0 Å². The third kappa shape index (κ3) is 5.16. The van der Waals surface area contributed by atoms with Crippen molar-refractivity contribution in [3.05, 3.63) is 94.7 Å². The third-order valence-electron chi connectivity index (χ3n) is 6.98. The molecule has 5 rings (SSSR count). The van der Waals surface area contributed by atoms with E-state index in [1.54, 1.807) is 38.1 Å². The number of nitro groups is 1. The van der Waals surface area contributed by atoms with E-state index in [0.717, 1.165) is 31.6 Å². The Bertz CT molecular complexity index is 1670. The maximum absolute atomic E-state index is 14.0. The van der Waals surface area contributed by atoms with Gasteiger partial charge in [-0.3, -0.25) is 19.5 Å². The number of carbonyl (C=O) groups is 1. The summed E-state index contributed by atoms with van der Waals surface area (Å²) in [5.74, 6) is 0.143. The summed E-state index contributed by atoms with van der Waals surface area (Å²) in [6, 6.07) is 11.3. The molecule has 2 aliphatic rings.